The van der Waals surface area contributed by atoms with Gasteiger partial charge in [-0.15, -0.1) is 0 Å². The molecule has 25 heavy (non-hydrogen) atoms. The SMILES string of the molecule is CC[C@@H](Oc1ccccc1OC)C(=O)NCCCc1ccc(C)cc1. The van der Waals surface area contributed by atoms with Crippen LogP contribution in [-0.4, -0.2) is 25.7 Å². The van der Waals surface area contributed by atoms with E-state index in [1.54, 1.807) is 7.11 Å². The van der Waals surface area contributed by atoms with Gasteiger partial charge in [0, 0.05) is 6.54 Å². The van der Waals surface area contributed by atoms with Gasteiger partial charge >= 0.3 is 0 Å². The monoisotopic (exact) mass is 341 g/mol. The average molecular weight is 341 g/mol. The van der Waals surface area contributed by atoms with Crippen molar-refractivity contribution in [3.8, 4) is 11.5 Å². The number of amides is 1. The molecule has 0 aliphatic rings. The Balaban J connectivity index is 1.80. The van der Waals surface area contributed by atoms with E-state index in [2.05, 4.69) is 36.5 Å². The summed E-state index contributed by atoms with van der Waals surface area (Å²) in [6, 6.07) is 15.9. The van der Waals surface area contributed by atoms with Gasteiger partial charge in [0.25, 0.3) is 5.91 Å². The molecule has 0 heterocycles. The molecule has 0 aliphatic carbocycles. The molecule has 0 saturated heterocycles. The zero-order valence-electron chi connectivity index (χ0n) is 15.2. The molecule has 2 rings (SSSR count). The van der Waals surface area contributed by atoms with Gasteiger partial charge in [0.2, 0.25) is 0 Å². The van der Waals surface area contributed by atoms with Crippen molar-refractivity contribution in [1.82, 2.24) is 5.32 Å². The number of aryl methyl sites for hydroxylation is 2. The Bertz CT molecular complexity index is 667. The second kappa shape index (κ2) is 9.72. The number of benzene rings is 2. The molecule has 2 aromatic carbocycles. The first-order chi connectivity index (χ1) is 12.1. The maximum Gasteiger partial charge on any atom is 0.261 e. The lowest BCUT2D eigenvalue weighted by atomic mass is 10.1. The van der Waals surface area contributed by atoms with Gasteiger partial charge in [-0.1, -0.05) is 48.9 Å². The topological polar surface area (TPSA) is 47.6 Å². The molecule has 0 aliphatic heterocycles. The largest absolute Gasteiger partial charge is 0.493 e. The number of para-hydroxylation sites is 2. The Kier molecular flexibility index (Phi) is 7.33. The van der Waals surface area contributed by atoms with Gasteiger partial charge in [0.05, 0.1) is 7.11 Å². The van der Waals surface area contributed by atoms with Gasteiger partial charge in [-0.25, -0.2) is 0 Å². The van der Waals surface area contributed by atoms with Crippen LogP contribution in [0.5, 0.6) is 11.5 Å². The van der Waals surface area contributed by atoms with Crippen LogP contribution in [0.2, 0.25) is 0 Å². The summed E-state index contributed by atoms with van der Waals surface area (Å²) in [6.45, 7) is 4.65. The van der Waals surface area contributed by atoms with Crippen molar-refractivity contribution in [2.24, 2.45) is 0 Å². The van der Waals surface area contributed by atoms with E-state index >= 15 is 0 Å². The van der Waals surface area contributed by atoms with Crippen molar-refractivity contribution in [3.05, 3.63) is 59.7 Å². The Morgan fingerprint density at radius 1 is 1.08 bits per heavy atom. The number of hydrogen-bond acceptors (Lipinski definition) is 3. The molecule has 4 heteroatoms. The van der Waals surface area contributed by atoms with Crippen molar-refractivity contribution in [2.45, 2.75) is 39.2 Å². The minimum absolute atomic E-state index is 0.0858. The Labute approximate surface area is 150 Å². The number of carbonyl (C=O) groups excluding carboxylic acids is 1. The Morgan fingerprint density at radius 3 is 2.40 bits per heavy atom. The number of carbonyl (C=O) groups is 1. The van der Waals surface area contributed by atoms with Crippen LogP contribution in [0.25, 0.3) is 0 Å². The number of ether oxygens (including phenoxy) is 2. The van der Waals surface area contributed by atoms with Gasteiger partial charge in [0.15, 0.2) is 17.6 Å². The van der Waals surface area contributed by atoms with Crippen molar-refractivity contribution >= 4 is 5.91 Å². The third-order valence-corrected chi connectivity index (χ3v) is 4.06. The minimum Gasteiger partial charge on any atom is -0.493 e. The van der Waals surface area contributed by atoms with Crippen LogP contribution in [0.3, 0.4) is 0 Å². The molecule has 1 amide bonds. The second-order valence-corrected chi connectivity index (χ2v) is 6.05. The van der Waals surface area contributed by atoms with Gasteiger partial charge in [-0.3, -0.25) is 4.79 Å². The van der Waals surface area contributed by atoms with Crippen LogP contribution in [0.1, 0.15) is 30.9 Å². The molecule has 0 aromatic heterocycles. The minimum atomic E-state index is -0.518. The third-order valence-electron chi connectivity index (χ3n) is 4.06. The summed E-state index contributed by atoms with van der Waals surface area (Å²) in [5.74, 6) is 1.14. The van der Waals surface area contributed by atoms with Crippen molar-refractivity contribution in [3.63, 3.8) is 0 Å². The maximum absolute atomic E-state index is 12.4. The zero-order valence-corrected chi connectivity index (χ0v) is 15.2. The summed E-state index contributed by atoms with van der Waals surface area (Å²) in [5, 5.41) is 2.97. The summed E-state index contributed by atoms with van der Waals surface area (Å²) in [5.41, 5.74) is 2.55. The van der Waals surface area contributed by atoms with Crippen LogP contribution in [0, 0.1) is 6.92 Å². The predicted molar refractivity (Wildman–Crippen MR) is 100 cm³/mol. The standard InChI is InChI=1S/C21H27NO3/c1-4-18(25-20-10-6-5-9-19(20)24-3)21(23)22-15-7-8-17-13-11-16(2)12-14-17/h5-6,9-14,18H,4,7-8,15H2,1-3H3,(H,22,23)/t18-/m1/s1. The van der Waals surface area contributed by atoms with Crippen LogP contribution in [0.15, 0.2) is 48.5 Å². The lowest BCUT2D eigenvalue weighted by molar-refractivity contribution is -0.128. The predicted octanol–water partition coefficient (Wildman–Crippen LogP) is 3.91. The van der Waals surface area contributed by atoms with Gasteiger partial charge < -0.3 is 14.8 Å². The number of nitrogens with one attached hydrogen (secondary N) is 1. The Hall–Kier alpha value is -2.49. The highest BCUT2D eigenvalue weighted by Gasteiger charge is 2.19. The lowest BCUT2D eigenvalue weighted by Crippen LogP contribution is -2.38. The molecular formula is C21H27NO3. The maximum atomic E-state index is 12.4. The van der Waals surface area contributed by atoms with E-state index in [9.17, 15) is 4.79 Å². The highest BCUT2D eigenvalue weighted by Crippen LogP contribution is 2.27. The van der Waals surface area contributed by atoms with Crippen molar-refractivity contribution in [2.75, 3.05) is 13.7 Å². The van der Waals surface area contributed by atoms with E-state index in [1.165, 1.54) is 11.1 Å². The molecule has 2 aromatic rings. The molecule has 0 saturated carbocycles. The summed E-state index contributed by atoms with van der Waals surface area (Å²) in [4.78, 5) is 12.4. The van der Waals surface area contributed by atoms with E-state index in [-0.39, 0.29) is 5.91 Å². The van der Waals surface area contributed by atoms with Gasteiger partial charge in [0.1, 0.15) is 0 Å². The first-order valence-corrected chi connectivity index (χ1v) is 8.77. The summed E-state index contributed by atoms with van der Waals surface area (Å²) in [6.07, 6.45) is 1.93. The van der Waals surface area contributed by atoms with E-state index in [0.717, 1.165) is 12.8 Å². The second-order valence-electron chi connectivity index (χ2n) is 6.05. The zero-order chi connectivity index (χ0) is 18.1. The number of hydrogen-bond donors (Lipinski definition) is 1. The molecule has 1 N–H and O–H groups in total. The lowest BCUT2D eigenvalue weighted by Gasteiger charge is -2.18. The Morgan fingerprint density at radius 2 is 1.76 bits per heavy atom. The van der Waals surface area contributed by atoms with E-state index in [4.69, 9.17) is 9.47 Å². The number of rotatable bonds is 9. The molecule has 4 nitrogen and oxygen atoms in total. The molecule has 0 bridgehead atoms. The average Bonchev–Trinajstić information content (AvgIpc) is 2.64. The molecule has 0 spiro atoms. The van der Waals surface area contributed by atoms with E-state index in [1.807, 2.05) is 31.2 Å². The first-order valence-electron chi connectivity index (χ1n) is 8.77. The molecule has 0 fully saturated rings. The fourth-order valence-corrected chi connectivity index (χ4v) is 2.56. The molecule has 1 atom stereocenters. The van der Waals surface area contributed by atoms with Crippen molar-refractivity contribution in [1.29, 1.82) is 0 Å². The summed E-state index contributed by atoms with van der Waals surface area (Å²) < 4.78 is 11.1. The van der Waals surface area contributed by atoms with Crippen molar-refractivity contribution < 1.29 is 14.3 Å². The fourth-order valence-electron chi connectivity index (χ4n) is 2.56. The van der Waals surface area contributed by atoms with Crippen LogP contribution in [-0.2, 0) is 11.2 Å². The van der Waals surface area contributed by atoms with Crippen LogP contribution < -0.4 is 14.8 Å². The third kappa shape index (κ3) is 5.82. The normalized spacial score (nSPS) is 11.6. The van der Waals surface area contributed by atoms with Gasteiger partial charge in [-0.2, -0.15) is 0 Å². The summed E-state index contributed by atoms with van der Waals surface area (Å²) in [7, 11) is 1.59. The highest BCUT2D eigenvalue weighted by molar-refractivity contribution is 5.81. The number of methoxy groups -OCH3 is 1. The van der Waals surface area contributed by atoms with E-state index in [0.29, 0.717) is 24.5 Å². The molecule has 0 unspecified atom stereocenters. The van der Waals surface area contributed by atoms with Crippen LogP contribution in [0.4, 0.5) is 0 Å². The molecule has 134 valence electrons. The van der Waals surface area contributed by atoms with Gasteiger partial charge in [-0.05, 0) is 43.9 Å². The fraction of sp³-hybridized carbons (Fsp3) is 0.381. The van der Waals surface area contributed by atoms with Crippen LogP contribution >= 0.6 is 0 Å². The summed E-state index contributed by atoms with van der Waals surface area (Å²) >= 11 is 0. The quantitative estimate of drug-likeness (QED) is 0.704. The smallest absolute Gasteiger partial charge is 0.261 e. The highest BCUT2D eigenvalue weighted by atomic mass is 16.5. The first kappa shape index (κ1) is 18.8. The molecule has 0 radical (unpaired) electrons. The molecular weight excluding hydrogens is 314 g/mol. The van der Waals surface area contributed by atoms with E-state index < -0.39 is 6.10 Å².